The average molecular weight is 396 g/mol. The Morgan fingerprint density at radius 3 is 2.63 bits per heavy atom. The second-order valence-corrected chi connectivity index (χ2v) is 7.26. The minimum atomic E-state index is 0.524. The predicted molar refractivity (Wildman–Crippen MR) is 116 cm³/mol. The quantitative estimate of drug-likeness (QED) is 0.473. The summed E-state index contributed by atoms with van der Waals surface area (Å²) in [5.41, 5.74) is 7.79. The minimum absolute atomic E-state index is 0.524. The lowest BCUT2D eigenvalue weighted by atomic mass is 10.0. The number of rotatable bonds is 4. The summed E-state index contributed by atoms with van der Waals surface area (Å²) in [4.78, 5) is 13.8. The highest BCUT2D eigenvalue weighted by Gasteiger charge is 2.12. The van der Waals surface area contributed by atoms with Crippen LogP contribution in [0.15, 0.2) is 55.2 Å². The molecule has 1 aromatic carbocycles. The zero-order valence-electron chi connectivity index (χ0n) is 16.9. The molecule has 0 aliphatic carbocycles. The number of pyridine rings is 1. The molecule has 148 valence electrons. The smallest absolute Gasteiger partial charge is 0.227 e. The highest BCUT2D eigenvalue weighted by molar-refractivity contribution is 5.91. The fourth-order valence-corrected chi connectivity index (χ4v) is 3.50. The molecule has 8 heteroatoms. The van der Waals surface area contributed by atoms with Crippen LogP contribution in [0.3, 0.4) is 0 Å². The van der Waals surface area contributed by atoms with E-state index in [-0.39, 0.29) is 0 Å². The molecule has 4 aromatic heterocycles. The number of aryl methyl sites for hydroxylation is 3. The van der Waals surface area contributed by atoms with Crippen molar-refractivity contribution in [2.75, 3.05) is 5.32 Å². The maximum Gasteiger partial charge on any atom is 0.227 e. The van der Waals surface area contributed by atoms with Crippen molar-refractivity contribution in [2.45, 2.75) is 13.8 Å². The van der Waals surface area contributed by atoms with Gasteiger partial charge in [-0.05, 0) is 43.2 Å². The van der Waals surface area contributed by atoms with Crippen LogP contribution >= 0.6 is 0 Å². The van der Waals surface area contributed by atoms with E-state index in [9.17, 15) is 0 Å². The Bertz CT molecular complexity index is 1360. The second-order valence-electron chi connectivity index (χ2n) is 7.26. The standard InChI is InChI=1S/C22H20N8/c1-13-8-15(18-11-25-29-14(18)2)4-5-19(13)27-22-24-9-16-6-7-23-20(21(16)28-22)17-10-26-30(3)12-17/h4-12H,1-3H3,(H,25,29)(H,24,27,28). The highest BCUT2D eigenvalue weighted by Crippen LogP contribution is 2.29. The Morgan fingerprint density at radius 2 is 1.90 bits per heavy atom. The van der Waals surface area contributed by atoms with Gasteiger partial charge in [-0.3, -0.25) is 14.8 Å². The van der Waals surface area contributed by atoms with E-state index in [1.54, 1.807) is 17.1 Å². The van der Waals surface area contributed by atoms with Gasteiger partial charge in [0.2, 0.25) is 5.95 Å². The predicted octanol–water partition coefficient (Wildman–Crippen LogP) is 4.18. The third-order valence-electron chi connectivity index (χ3n) is 5.09. The van der Waals surface area contributed by atoms with Crippen LogP contribution in [0.25, 0.3) is 33.3 Å². The fraction of sp³-hybridized carbons (Fsp3) is 0.136. The van der Waals surface area contributed by atoms with Crippen molar-refractivity contribution in [2.24, 2.45) is 7.05 Å². The summed E-state index contributed by atoms with van der Waals surface area (Å²) in [7, 11) is 1.88. The maximum absolute atomic E-state index is 4.75. The van der Waals surface area contributed by atoms with Crippen molar-refractivity contribution in [1.29, 1.82) is 0 Å². The first kappa shape index (κ1) is 18.0. The number of aromatic nitrogens is 7. The lowest BCUT2D eigenvalue weighted by Crippen LogP contribution is -2.00. The van der Waals surface area contributed by atoms with Gasteiger partial charge < -0.3 is 5.32 Å². The van der Waals surface area contributed by atoms with E-state index < -0.39 is 0 Å². The van der Waals surface area contributed by atoms with E-state index in [0.717, 1.165) is 50.2 Å². The molecule has 0 aliphatic rings. The van der Waals surface area contributed by atoms with Crippen molar-refractivity contribution in [3.8, 4) is 22.4 Å². The van der Waals surface area contributed by atoms with Crippen molar-refractivity contribution in [3.63, 3.8) is 0 Å². The van der Waals surface area contributed by atoms with E-state index in [2.05, 4.69) is 49.6 Å². The molecule has 30 heavy (non-hydrogen) atoms. The van der Waals surface area contributed by atoms with E-state index in [1.165, 1.54) is 0 Å². The van der Waals surface area contributed by atoms with E-state index in [4.69, 9.17) is 4.98 Å². The number of H-pyrrole nitrogens is 1. The lowest BCUT2D eigenvalue weighted by molar-refractivity contribution is 0.768. The van der Waals surface area contributed by atoms with Crippen LogP contribution in [0.2, 0.25) is 0 Å². The molecule has 0 saturated carbocycles. The second kappa shape index (κ2) is 7.07. The fourth-order valence-electron chi connectivity index (χ4n) is 3.50. The first-order chi connectivity index (χ1) is 14.6. The number of aromatic amines is 1. The zero-order chi connectivity index (χ0) is 20.7. The first-order valence-corrected chi connectivity index (χ1v) is 9.57. The molecule has 0 fully saturated rings. The number of anilines is 2. The van der Waals surface area contributed by atoms with Crippen LogP contribution in [0.1, 0.15) is 11.3 Å². The summed E-state index contributed by atoms with van der Waals surface area (Å²) >= 11 is 0. The largest absolute Gasteiger partial charge is 0.324 e. The first-order valence-electron chi connectivity index (χ1n) is 9.57. The molecule has 0 aliphatic heterocycles. The molecule has 0 saturated heterocycles. The summed E-state index contributed by atoms with van der Waals surface area (Å²) < 4.78 is 1.75. The SMILES string of the molecule is Cc1cc(-c2cn[nH]c2C)ccc1Nc1ncc2ccnc(-c3cnn(C)c3)c2n1. The third kappa shape index (κ3) is 3.18. The Balaban J connectivity index is 1.51. The summed E-state index contributed by atoms with van der Waals surface area (Å²) in [6, 6.07) is 8.14. The Hall–Kier alpha value is -4.07. The number of nitrogens with zero attached hydrogens (tertiary/aromatic N) is 6. The zero-order valence-corrected chi connectivity index (χ0v) is 16.9. The molecule has 4 heterocycles. The molecule has 2 N–H and O–H groups in total. The molecule has 0 amide bonds. The Kier molecular flexibility index (Phi) is 4.24. The van der Waals surface area contributed by atoms with Crippen molar-refractivity contribution < 1.29 is 0 Å². The van der Waals surface area contributed by atoms with Crippen LogP contribution in [0.4, 0.5) is 11.6 Å². The molecule has 0 bridgehead atoms. The summed E-state index contributed by atoms with van der Waals surface area (Å²) in [5.74, 6) is 0.524. The van der Waals surface area contributed by atoms with Gasteiger partial charge in [0.25, 0.3) is 0 Å². The molecule has 0 spiro atoms. The minimum Gasteiger partial charge on any atom is -0.324 e. The molecule has 0 unspecified atom stereocenters. The number of fused-ring (bicyclic) bond motifs is 1. The average Bonchev–Trinajstić information content (AvgIpc) is 3.37. The summed E-state index contributed by atoms with van der Waals surface area (Å²) in [5, 5.41) is 15.6. The molecule has 5 rings (SSSR count). The van der Waals surface area contributed by atoms with Crippen LogP contribution in [-0.2, 0) is 7.05 Å². The van der Waals surface area contributed by atoms with Gasteiger partial charge in [-0.2, -0.15) is 10.2 Å². The Morgan fingerprint density at radius 1 is 1.00 bits per heavy atom. The van der Waals surface area contributed by atoms with E-state index in [1.807, 2.05) is 44.7 Å². The van der Waals surface area contributed by atoms with Crippen LogP contribution in [0.5, 0.6) is 0 Å². The van der Waals surface area contributed by atoms with E-state index in [0.29, 0.717) is 5.95 Å². The van der Waals surface area contributed by atoms with Gasteiger partial charge in [0.1, 0.15) is 5.52 Å². The number of nitrogens with one attached hydrogen (secondary N) is 2. The topological polar surface area (TPSA) is 97.2 Å². The number of hydrogen-bond donors (Lipinski definition) is 2. The molecule has 8 nitrogen and oxygen atoms in total. The van der Waals surface area contributed by atoms with Gasteiger partial charge in [0, 0.05) is 53.5 Å². The van der Waals surface area contributed by atoms with Crippen molar-refractivity contribution in [1.82, 2.24) is 34.9 Å². The number of benzene rings is 1. The highest BCUT2D eigenvalue weighted by atomic mass is 15.2. The maximum atomic E-state index is 4.75. The number of hydrogen-bond acceptors (Lipinski definition) is 6. The van der Waals surface area contributed by atoms with Crippen LogP contribution in [0, 0.1) is 13.8 Å². The molecule has 0 radical (unpaired) electrons. The molecule has 5 aromatic rings. The molecular weight excluding hydrogens is 376 g/mol. The van der Waals surface area contributed by atoms with Gasteiger partial charge in [0.15, 0.2) is 0 Å². The normalized spacial score (nSPS) is 11.2. The summed E-state index contributed by atoms with van der Waals surface area (Å²) in [6.45, 7) is 4.07. The van der Waals surface area contributed by atoms with Crippen LogP contribution < -0.4 is 5.32 Å². The Labute approximate surface area is 173 Å². The monoisotopic (exact) mass is 396 g/mol. The van der Waals surface area contributed by atoms with Crippen LogP contribution in [-0.4, -0.2) is 34.9 Å². The van der Waals surface area contributed by atoms with Gasteiger partial charge >= 0.3 is 0 Å². The van der Waals surface area contributed by atoms with Crippen molar-refractivity contribution in [3.05, 3.63) is 66.5 Å². The van der Waals surface area contributed by atoms with Gasteiger partial charge in [-0.25, -0.2) is 9.97 Å². The molecule has 0 atom stereocenters. The van der Waals surface area contributed by atoms with Gasteiger partial charge in [-0.1, -0.05) is 6.07 Å². The summed E-state index contributed by atoms with van der Waals surface area (Å²) in [6.07, 6.45) is 9.14. The third-order valence-corrected chi connectivity index (χ3v) is 5.09. The lowest BCUT2D eigenvalue weighted by Gasteiger charge is -2.11. The van der Waals surface area contributed by atoms with Gasteiger partial charge in [0.05, 0.1) is 18.1 Å². The molecular formula is C22H20N8. The van der Waals surface area contributed by atoms with E-state index >= 15 is 0 Å². The van der Waals surface area contributed by atoms with Crippen molar-refractivity contribution >= 4 is 22.5 Å². The van der Waals surface area contributed by atoms with Gasteiger partial charge in [-0.15, -0.1) is 0 Å².